The van der Waals surface area contributed by atoms with Gasteiger partial charge in [-0.05, 0) is 38.0 Å². The van der Waals surface area contributed by atoms with E-state index >= 15 is 0 Å². The predicted octanol–water partition coefficient (Wildman–Crippen LogP) is 4.35. The highest BCUT2D eigenvalue weighted by Crippen LogP contribution is 2.32. The van der Waals surface area contributed by atoms with Crippen LogP contribution in [0.4, 0.5) is 5.69 Å². The maximum atomic E-state index is 13.5. The third-order valence-electron chi connectivity index (χ3n) is 5.82. The van der Waals surface area contributed by atoms with Gasteiger partial charge in [-0.25, -0.2) is 4.79 Å². The number of aromatic nitrogens is 2. The first-order chi connectivity index (χ1) is 14.1. The summed E-state index contributed by atoms with van der Waals surface area (Å²) < 4.78 is 15.0. The number of anilines is 1. The molecule has 1 fully saturated rings. The number of nitrogens with two attached hydrogens (primary N) is 1. The van der Waals surface area contributed by atoms with Gasteiger partial charge in [-0.1, -0.05) is 25.3 Å². The lowest BCUT2D eigenvalue weighted by atomic mass is 9.95. The SMILES string of the molecule is CCOc1ccc2c(c1)n(C1CCCCC1)c(=O)n2Cc1ccc(N)cc1OC. The van der Waals surface area contributed by atoms with Crippen molar-refractivity contribution >= 4 is 16.7 Å². The number of hydrogen-bond donors (Lipinski definition) is 1. The molecule has 0 radical (unpaired) electrons. The zero-order valence-corrected chi connectivity index (χ0v) is 17.2. The molecule has 0 saturated heterocycles. The molecule has 1 saturated carbocycles. The number of fused-ring (bicyclic) bond motifs is 1. The third-order valence-corrected chi connectivity index (χ3v) is 5.82. The number of hydrogen-bond acceptors (Lipinski definition) is 4. The highest BCUT2D eigenvalue weighted by Gasteiger charge is 2.23. The average Bonchev–Trinajstić information content (AvgIpc) is 3.01. The molecule has 0 spiro atoms. The summed E-state index contributed by atoms with van der Waals surface area (Å²) >= 11 is 0. The second-order valence-corrected chi connectivity index (χ2v) is 7.69. The van der Waals surface area contributed by atoms with E-state index in [9.17, 15) is 4.79 Å². The van der Waals surface area contributed by atoms with Gasteiger partial charge in [0, 0.05) is 29.4 Å². The highest BCUT2D eigenvalue weighted by molar-refractivity contribution is 5.78. The number of rotatable bonds is 6. The first-order valence-electron chi connectivity index (χ1n) is 10.4. The molecule has 2 N–H and O–H groups in total. The Morgan fingerprint density at radius 2 is 1.86 bits per heavy atom. The van der Waals surface area contributed by atoms with Crippen LogP contribution in [0.15, 0.2) is 41.2 Å². The summed E-state index contributed by atoms with van der Waals surface area (Å²) in [6.07, 6.45) is 5.67. The van der Waals surface area contributed by atoms with Gasteiger partial charge >= 0.3 is 5.69 Å². The number of ether oxygens (including phenoxy) is 2. The highest BCUT2D eigenvalue weighted by atomic mass is 16.5. The first-order valence-corrected chi connectivity index (χ1v) is 10.4. The van der Waals surface area contributed by atoms with E-state index in [2.05, 4.69) is 0 Å². The van der Waals surface area contributed by atoms with Gasteiger partial charge in [0.1, 0.15) is 11.5 Å². The van der Waals surface area contributed by atoms with Crippen LogP contribution < -0.4 is 20.9 Å². The smallest absolute Gasteiger partial charge is 0.329 e. The predicted molar refractivity (Wildman–Crippen MR) is 116 cm³/mol. The molecule has 29 heavy (non-hydrogen) atoms. The van der Waals surface area contributed by atoms with Crippen molar-refractivity contribution in [2.75, 3.05) is 19.5 Å². The van der Waals surface area contributed by atoms with E-state index in [1.165, 1.54) is 19.3 Å². The summed E-state index contributed by atoms with van der Waals surface area (Å²) in [5.41, 5.74) is 9.36. The Labute approximate surface area is 170 Å². The quantitative estimate of drug-likeness (QED) is 0.630. The molecule has 0 atom stereocenters. The van der Waals surface area contributed by atoms with Crippen LogP contribution in [-0.4, -0.2) is 22.9 Å². The van der Waals surface area contributed by atoms with Crippen LogP contribution in [-0.2, 0) is 6.54 Å². The first kappa shape index (κ1) is 19.4. The van der Waals surface area contributed by atoms with Gasteiger partial charge in [-0.3, -0.25) is 9.13 Å². The fourth-order valence-electron chi connectivity index (χ4n) is 4.42. The molecular weight excluding hydrogens is 366 g/mol. The summed E-state index contributed by atoms with van der Waals surface area (Å²) in [4.78, 5) is 13.5. The summed E-state index contributed by atoms with van der Waals surface area (Å²) in [5.74, 6) is 1.49. The molecule has 0 unspecified atom stereocenters. The van der Waals surface area contributed by atoms with Crippen molar-refractivity contribution in [3.8, 4) is 11.5 Å². The Morgan fingerprint density at radius 3 is 2.59 bits per heavy atom. The number of methoxy groups -OCH3 is 1. The fraction of sp³-hybridized carbons (Fsp3) is 0.435. The molecule has 3 aromatic rings. The maximum absolute atomic E-state index is 13.5. The molecular formula is C23H29N3O3. The van der Waals surface area contributed by atoms with Crippen molar-refractivity contribution in [1.29, 1.82) is 0 Å². The zero-order valence-electron chi connectivity index (χ0n) is 17.2. The monoisotopic (exact) mass is 395 g/mol. The lowest BCUT2D eigenvalue weighted by molar-refractivity contribution is 0.339. The molecule has 6 nitrogen and oxygen atoms in total. The van der Waals surface area contributed by atoms with E-state index < -0.39 is 0 Å². The van der Waals surface area contributed by atoms with Crippen LogP contribution in [0, 0.1) is 0 Å². The van der Waals surface area contributed by atoms with E-state index in [0.717, 1.165) is 35.2 Å². The van der Waals surface area contributed by atoms with Crippen LogP contribution in [0.5, 0.6) is 11.5 Å². The van der Waals surface area contributed by atoms with Crippen molar-refractivity contribution in [2.45, 2.75) is 51.6 Å². The van der Waals surface area contributed by atoms with Crippen molar-refractivity contribution in [2.24, 2.45) is 0 Å². The van der Waals surface area contributed by atoms with Crippen LogP contribution in [0.3, 0.4) is 0 Å². The summed E-state index contributed by atoms with van der Waals surface area (Å²) in [5, 5.41) is 0. The standard InChI is InChI=1S/C23H29N3O3/c1-3-29-19-11-12-20-21(14-19)26(18-7-5-4-6-8-18)23(27)25(20)15-16-9-10-17(24)13-22(16)28-2/h9-14,18H,3-8,15,24H2,1-2H3. The van der Waals surface area contributed by atoms with E-state index in [0.29, 0.717) is 24.6 Å². The molecule has 0 amide bonds. The second-order valence-electron chi connectivity index (χ2n) is 7.69. The Balaban J connectivity index is 1.85. The van der Waals surface area contributed by atoms with Gasteiger partial charge in [0.25, 0.3) is 0 Å². The third kappa shape index (κ3) is 3.71. The Bertz CT molecular complexity index is 1060. The normalized spacial score (nSPS) is 15.0. The minimum Gasteiger partial charge on any atom is -0.496 e. The maximum Gasteiger partial charge on any atom is 0.329 e. The Hall–Kier alpha value is -2.89. The topological polar surface area (TPSA) is 71.4 Å². The molecule has 1 aliphatic carbocycles. The van der Waals surface area contributed by atoms with Crippen molar-refractivity contribution < 1.29 is 9.47 Å². The molecule has 2 aromatic carbocycles. The molecule has 154 valence electrons. The number of benzene rings is 2. The average molecular weight is 396 g/mol. The van der Waals surface area contributed by atoms with Gasteiger partial charge in [0.2, 0.25) is 0 Å². The van der Waals surface area contributed by atoms with Gasteiger partial charge in [0.15, 0.2) is 0 Å². The molecule has 4 rings (SSSR count). The van der Waals surface area contributed by atoms with Crippen molar-refractivity contribution in [3.63, 3.8) is 0 Å². The van der Waals surface area contributed by atoms with Crippen molar-refractivity contribution in [3.05, 3.63) is 52.4 Å². The van der Waals surface area contributed by atoms with Crippen molar-refractivity contribution in [1.82, 2.24) is 9.13 Å². The molecule has 6 heteroatoms. The van der Waals surface area contributed by atoms with E-state index in [4.69, 9.17) is 15.2 Å². The number of imidazole rings is 1. The summed E-state index contributed by atoms with van der Waals surface area (Å²) in [6.45, 7) is 3.01. The lowest BCUT2D eigenvalue weighted by Crippen LogP contribution is -2.29. The minimum atomic E-state index is 0.0272. The van der Waals surface area contributed by atoms with Crippen LogP contribution >= 0.6 is 0 Å². The fourth-order valence-corrected chi connectivity index (χ4v) is 4.42. The molecule has 0 bridgehead atoms. The molecule has 1 heterocycles. The van der Waals surface area contributed by atoms with Gasteiger partial charge < -0.3 is 15.2 Å². The number of nitrogen functional groups attached to an aromatic ring is 1. The van der Waals surface area contributed by atoms with Crippen LogP contribution in [0.25, 0.3) is 11.0 Å². The summed E-state index contributed by atoms with van der Waals surface area (Å²) in [6, 6.07) is 11.7. The van der Waals surface area contributed by atoms with Crippen LogP contribution in [0.2, 0.25) is 0 Å². The van der Waals surface area contributed by atoms with E-state index in [1.807, 2.05) is 46.4 Å². The Kier molecular flexibility index (Phi) is 5.51. The van der Waals surface area contributed by atoms with E-state index in [1.54, 1.807) is 13.2 Å². The second kappa shape index (κ2) is 8.23. The largest absolute Gasteiger partial charge is 0.496 e. The lowest BCUT2D eigenvalue weighted by Gasteiger charge is -2.23. The molecule has 1 aromatic heterocycles. The molecule has 1 aliphatic rings. The zero-order chi connectivity index (χ0) is 20.4. The molecule has 0 aliphatic heterocycles. The summed E-state index contributed by atoms with van der Waals surface area (Å²) in [7, 11) is 1.63. The van der Waals surface area contributed by atoms with Gasteiger partial charge in [-0.15, -0.1) is 0 Å². The van der Waals surface area contributed by atoms with Gasteiger partial charge in [-0.2, -0.15) is 0 Å². The van der Waals surface area contributed by atoms with Crippen LogP contribution in [0.1, 0.15) is 50.6 Å². The Morgan fingerprint density at radius 1 is 1.07 bits per heavy atom. The number of nitrogens with zero attached hydrogens (tertiary/aromatic N) is 2. The minimum absolute atomic E-state index is 0.0272. The van der Waals surface area contributed by atoms with Gasteiger partial charge in [0.05, 0.1) is 31.3 Å². The van der Waals surface area contributed by atoms with E-state index in [-0.39, 0.29) is 11.7 Å².